The van der Waals surface area contributed by atoms with E-state index in [0.29, 0.717) is 12.8 Å². The van der Waals surface area contributed by atoms with Crippen molar-refractivity contribution in [3.63, 3.8) is 0 Å². The van der Waals surface area contributed by atoms with Gasteiger partial charge in [0.15, 0.2) is 0 Å². The van der Waals surface area contributed by atoms with Gasteiger partial charge in [-0.1, -0.05) is 0 Å². The molecule has 0 saturated heterocycles. The van der Waals surface area contributed by atoms with Crippen molar-refractivity contribution in [1.29, 1.82) is 0 Å². The van der Waals surface area contributed by atoms with E-state index in [2.05, 4.69) is 5.32 Å². The summed E-state index contributed by atoms with van der Waals surface area (Å²) in [5.41, 5.74) is -1.27. The monoisotopic (exact) mass is 250 g/mol. The molecule has 6 nitrogen and oxygen atoms in total. The van der Waals surface area contributed by atoms with Crippen LogP contribution in [0.3, 0.4) is 0 Å². The van der Waals surface area contributed by atoms with Crippen LogP contribution in [0.5, 0.6) is 0 Å². The lowest BCUT2D eigenvalue weighted by atomic mass is 9.76. The Hall–Kier alpha value is -2.11. The van der Waals surface area contributed by atoms with Crippen molar-refractivity contribution in [3.05, 3.63) is 34.2 Å². The van der Waals surface area contributed by atoms with Gasteiger partial charge < -0.3 is 15.0 Å². The molecule has 0 atom stereocenters. The standard InChI is InChI=1S/C12H14N2O4/c1-14-6-3-8(7-9(14)15)10(16)13-12(11(17)18)4-2-5-12/h3,6-7H,2,4-5H2,1H3,(H,13,16)(H,17,18). The normalized spacial score (nSPS) is 16.7. The number of aromatic nitrogens is 1. The Morgan fingerprint density at radius 2 is 2.11 bits per heavy atom. The van der Waals surface area contributed by atoms with Crippen molar-refractivity contribution in [3.8, 4) is 0 Å². The number of aliphatic carboxylic acids is 1. The van der Waals surface area contributed by atoms with E-state index in [1.807, 2.05) is 0 Å². The van der Waals surface area contributed by atoms with E-state index in [4.69, 9.17) is 5.11 Å². The van der Waals surface area contributed by atoms with Crippen molar-refractivity contribution < 1.29 is 14.7 Å². The van der Waals surface area contributed by atoms with Gasteiger partial charge in [-0.3, -0.25) is 9.59 Å². The predicted octanol–water partition coefficient (Wildman–Crippen LogP) is 0.122. The summed E-state index contributed by atoms with van der Waals surface area (Å²) in [6.45, 7) is 0. The average molecular weight is 250 g/mol. The number of nitrogens with zero attached hydrogens (tertiary/aromatic N) is 1. The van der Waals surface area contributed by atoms with Crippen LogP contribution in [-0.2, 0) is 11.8 Å². The van der Waals surface area contributed by atoms with Crippen LogP contribution in [0.4, 0.5) is 0 Å². The number of amides is 1. The fraction of sp³-hybridized carbons (Fsp3) is 0.417. The van der Waals surface area contributed by atoms with Crippen LogP contribution in [0.1, 0.15) is 29.6 Å². The van der Waals surface area contributed by atoms with Gasteiger partial charge in [-0.2, -0.15) is 0 Å². The maximum atomic E-state index is 11.9. The highest BCUT2D eigenvalue weighted by Gasteiger charge is 2.45. The second kappa shape index (κ2) is 4.29. The molecule has 0 aliphatic heterocycles. The zero-order chi connectivity index (χ0) is 13.3. The maximum Gasteiger partial charge on any atom is 0.329 e. The second-order valence-corrected chi connectivity index (χ2v) is 4.56. The number of pyridine rings is 1. The molecule has 0 bridgehead atoms. The van der Waals surface area contributed by atoms with Crippen LogP contribution >= 0.6 is 0 Å². The number of carboxylic acids is 1. The van der Waals surface area contributed by atoms with Crippen molar-refractivity contribution in [2.75, 3.05) is 0 Å². The number of hydrogen-bond donors (Lipinski definition) is 2. The van der Waals surface area contributed by atoms with Gasteiger partial charge in [0.05, 0.1) is 0 Å². The first-order chi connectivity index (χ1) is 8.44. The molecular weight excluding hydrogens is 236 g/mol. The van der Waals surface area contributed by atoms with Crippen molar-refractivity contribution in [2.45, 2.75) is 24.8 Å². The summed E-state index contributed by atoms with van der Waals surface area (Å²) in [5, 5.41) is 11.6. The quantitative estimate of drug-likeness (QED) is 0.797. The summed E-state index contributed by atoms with van der Waals surface area (Å²) in [6, 6.07) is 2.69. The second-order valence-electron chi connectivity index (χ2n) is 4.56. The summed E-state index contributed by atoms with van der Waals surface area (Å²) in [4.78, 5) is 34.4. The molecule has 1 heterocycles. The SMILES string of the molecule is Cn1ccc(C(=O)NC2(C(=O)O)CCC2)cc1=O. The van der Waals surface area contributed by atoms with Gasteiger partial charge >= 0.3 is 5.97 Å². The zero-order valence-electron chi connectivity index (χ0n) is 9.97. The topological polar surface area (TPSA) is 88.4 Å². The summed E-state index contributed by atoms with van der Waals surface area (Å²) in [7, 11) is 1.58. The van der Waals surface area contributed by atoms with E-state index in [1.165, 1.54) is 22.9 Å². The summed E-state index contributed by atoms with van der Waals surface area (Å²) in [6.07, 6.45) is 3.12. The molecule has 1 aromatic rings. The highest BCUT2D eigenvalue weighted by atomic mass is 16.4. The molecule has 0 aromatic carbocycles. The molecule has 18 heavy (non-hydrogen) atoms. The first kappa shape index (κ1) is 12.3. The first-order valence-electron chi connectivity index (χ1n) is 5.67. The van der Waals surface area contributed by atoms with Gasteiger partial charge in [0, 0.05) is 24.9 Å². The number of carbonyl (C=O) groups is 2. The smallest absolute Gasteiger partial charge is 0.329 e. The molecule has 96 valence electrons. The van der Waals surface area contributed by atoms with E-state index in [0.717, 1.165) is 6.42 Å². The minimum atomic E-state index is -1.15. The lowest BCUT2D eigenvalue weighted by Gasteiger charge is -2.38. The summed E-state index contributed by atoms with van der Waals surface area (Å²) in [5.74, 6) is -1.54. The number of carboxylic acid groups (broad SMARTS) is 1. The highest BCUT2D eigenvalue weighted by molar-refractivity contribution is 5.98. The first-order valence-corrected chi connectivity index (χ1v) is 5.67. The number of rotatable bonds is 3. The van der Waals surface area contributed by atoms with E-state index in [9.17, 15) is 14.4 Å². The minimum Gasteiger partial charge on any atom is -0.480 e. The lowest BCUT2D eigenvalue weighted by Crippen LogP contribution is -2.59. The Bertz CT molecular complexity index is 557. The fourth-order valence-corrected chi connectivity index (χ4v) is 1.90. The van der Waals surface area contributed by atoms with Crippen LogP contribution < -0.4 is 10.9 Å². The molecule has 0 unspecified atom stereocenters. The van der Waals surface area contributed by atoms with E-state index in [-0.39, 0.29) is 11.1 Å². The van der Waals surface area contributed by atoms with Crippen LogP contribution in [0.25, 0.3) is 0 Å². The molecule has 2 rings (SSSR count). The number of carbonyl (C=O) groups excluding carboxylic acids is 1. The van der Waals surface area contributed by atoms with E-state index < -0.39 is 17.4 Å². The van der Waals surface area contributed by atoms with Crippen molar-refractivity contribution >= 4 is 11.9 Å². The summed E-state index contributed by atoms with van der Waals surface area (Å²) >= 11 is 0. The number of hydrogen-bond acceptors (Lipinski definition) is 3. The van der Waals surface area contributed by atoms with Gasteiger partial charge in [0.25, 0.3) is 11.5 Å². The van der Waals surface area contributed by atoms with E-state index >= 15 is 0 Å². The fourth-order valence-electron chi connectivity index (χ4n) is 1.90. The largest absolute Gasteiger partial charge is 0.480 e. The maximum absolute atomic E-state index is 11.9. The molecule has 0 radical (unpaired) electrons. The Labute approximate surface area is 103 Å². The summed E-state index contributed by atoms with van der Waals surface area (Å²) < 4.78 is 1.34. The van der Waals surface area contributed by atoms with Gasteiger partial charge in [0.2, 0.25) is 0 Å². The zero-order valence-corrected chi connectivity index (χ0v) is 9.97. The van der Waals surface area contributed by atoms with Gasteiger partial charge in [-0.05, 0) is 25.3 Å². The Morgan fingerprint density at radius 1 is 1.44 bits per heavy atom. The molecule has 2 N–H and O–H groups in total. The molecule has 1 saturated carbocycles. The lowest BCUT2D eigenvalue weighted by molar-refractivity contribution is -0.148. The Balaban J connectivity index is 2.19. The molecule has 1 aromatic heterocycles. The third-order valence-electron chi connectivity index (χ3n) is 3.34. The number of nitrogens with one attached hydrogen (secondary N) is 1. The third kappa shape index (κ3) is 2.01. The Kier molecular flexibility index (Phi) is 2.94. The molecule has 6 heteroatoms. The third-order valence-corrected chi connectivity index (χ3v) is 3.34. The van der Waals surface area contributed by atoms with Crippen molar-refractivity contribution in [2.24, 2.45) is 7.05 Å². The molecule has 1 aliphatic rings. The molecule has 1 fully saturated rings. The molecular formula is C12H14N2O4. The number of aryl methyl sites for hydroxylation is 1. The minimum absolute atomic E-state index is 0.186. The molecule has 1 amide bonds. The van der Waals surface area contributed by atoms with Crippen LogP contribution in [0.2, 0.25) is 0 Å². The predicted molar refractivity (Wildman–Crippen MR) is 63.4 cm³/mol. The van der Waals surface area contributed by atoms with E-state index in [1.54, 1.807) is 7.05 Å². The van der Waals surface area contributed by atoms with Crippen LogP contribution in [-0.4, -0.2) is 27.1 Å². The molecule has 0 spiro atoms. The van der Waals surface area contributed by atoms with Gasteiger partial charge in [-0.15, -0.1) is 0 Å². The van der Waals surface area contributed by atoms with Crippen LogP contribution in [0.15, 0.2) is 23.1 Å². The van der Waals surface area contributed by atoms with Crippen LogP contribution in [0, 0.1) is 0 Å². The van der Waals surface area contributed by atoms with Crippen molar-refractivity contribution in [1.82, 2.24) is 9.88 Å². The molecule has 1 aliphatic carbocycles. The highest BCUT2D eigenvalue weighted by Crippen LogP contribution is 2.32. The van der Waals surface area contributed by atoms with Gasteiger partial charge in [-0.25, -0.2) is 4.79 Å². The average Bonchev–Trinajstić information content (AvgIpc) is 2.26. The van der Waals surface area contributed by atoms with Gasteiger partial charge in [0.1, 0.15) is 5.54 Å². The Morgan fingerprint density at radius 3 is 2.56 bits per heavy atom.